The molecule has 5 nitrogen and oxygen atoms in total. The molecule has 0 atom stereocenters. The first-order valence-corrected chi connectivity index (χ1v) is 8.79. The van der Waals surface area contributed by atoms with Gasteiger partial charge in [0.25, 0.3) is 0 Å². The van der Waals surface area contributed by atoms with Gasteiger partial charge in [-0.3, -0.25) is 4.72 Å². The van der Waals surface area contributed by atoms with Crippen molar-refractivity contribution in [3.8, 4) is 10.6 Å². The first-order valence-electron chi connectivity index (χ1n) is 5.20. The van der Waals surface area contributed by atoms with Crippen molar-refractivity contribution in [1.82, 2.24) is 4.98 Å². The Morgan fingerprint density at radius 2 is 2.22 bits per heavy atom. The number of nitrogens with zero attached hydrogens (tertiary/aromatic N) is 1. The summed E-state index contributed by atoms with van der Waals surface area (Å²) >= 11 is 2.90. The monoisotopic (exact) mass is 303 g/mol. The predicted molar refractivity (Wildman–Crippen MR) is 76.7 cm³/mol. The molecule has 0 saturated heterocycles. The van der Waals surface area contributed by atoms with Crippen LogP contribution >= 0.6 is 22.7 Å². The number of anilines is 1. The molecule has 0 bridgehead atoms. The van der Waals surface area contributed by atoms with E-state index < -0.39 is 10.0 Å². The molecule has 2 heterocycles. The van der Waals surface area contributed by atoms with Crippen molar-refractivity contribution in [2.45, 2.75) is 6.42 Å². The molecule has 0 aliphatic carbocycles. The molecule has 0 fully saturated rings. The number of nitrogens with one attached hydrogen (secondary N) is 1. The average molecular weight is 303 g/mol. The second kappa shape index (κ2) is 5.35. The molecule has 0 spiro atoms. The molecule has 3 N–H and O–H groups in total. The molecule has 0 aliphatic rings. The molecule has 0 saturated carbocycles. The summed E-state index contributed by atoms with van der Waals surface area (Å²) in [5.74, 6) is 0. The third kappa shape index (κ3) is 3.52. The van der Waals surface area contributed by atoms with Gasteiger partial charge in [-0.1, -0.05) is 0 Å². The Morgan fingerprint density at radius 3 is 2.89 bits per heavy atom. The topological polar surface area (TPSA) is 85.1 Å². The molecular formula is C10H13N3O2S3. The highest BCUT2D eigenvalue weighted by Crippen LogP contribution is 2.31. The van der Waals surface area contributed by atoms with Gasteiger partial charge in [-0.2, -0.15) is 0 Å². The zero-order valence-electron chi connectivity index (χ0n) is 9.71. The molecule has 0 radical (unpaired) electrons. The predicted octanol–water partition coefficient (Wildman–Crippen LogP) is 1.74. The van der Waals surface area contributed by atoms with Gasteiger partial charge in [0.15, 0.2) is 5.13 Å². The van der Waals surface area contributed by atoms with Crippen molar-refractivity contribution in [2.24, 2.45) is 5.73 Å². The highest BCUT2D eigenvalue weighted by molar-refractivity contribution is 7.92. The largest absolute Gasteiger partial charge is 0.330 e. The van der Waals surface area contributed by atoms with Crippen LogP contribution < -0.4 is 10.5 Å². The number of hydrogen-bond acceptors (Lipinski definition) is 6. The van der Waals surface area contributed by atoms with E-state index in [1.807, 2.05) is 17.5 Å². The molecule has 0 unspecified atom stereocenters. The van der Waals surface area contributed by atoms with E-state index in [1.165, 1.54) is 16.2 Å². The van der Waals surface area contributed by atoms with E-state index in [4.69, 9.17) is 5.73 Å². The van der Waals surface area contributed by atoms with Gasteiger partial charge >= 0.3 is 0 Å². The van der Waals surface area contributed by atoms with Crippen LogP contribution in [0.2, 0.25) is 0 Å². The summed E-state index contributed by atoms with van der Waals surface area (Å²) in [6.45, 7) is 0.623. The molecule has 18 heavy (non-hydrogen) atoms. The molecule has 0 aliphatic heterocycles. The van der Waals surface area contributed by atoms with Crippen LogP contribution in [-0.2, 0) is 16.4 Å². The zero-order chi connectivity index (χ0) is 13.2. The molecule has 0 amide bonds. The SMILES string of the molecule is CS(=O)(=O)Nc1nc(-c2ccc(CCN)s2)cs1. The fourth-order valence-electron chi connectivity index (χ4n) is 1.38. The maximum atomic E-state index is 11.1. The first kappa shape index (κ1) is 13.5. The van der Waals surface area contributed by atoms with Gasteiger partial charge < -0.3 is 5.73 Å². The van der Waals surface area contributed by atoms with Crippen molar-refractivity contribution in [1.29, 1.82) is 0 Å². The lowest BCUT2D eigenvalue weighted by atomic mass is 10.3. The number of nitrogens with two attached hydrogens (primary N) is 1. The fourth-order valence-corrected chi connectivity index (χ4v) is 4.01. The molecule has 8 heteroatoms. The van der Waals surface area contributed by atoms with E-state index >= 15 is 0 Å². The Morgan fingerprint density at radius 1 is 1.44 bits per heavy atom. The normalized spacial score (nSPS) is 11.7. The Kier molecular flexibility index (Phi) is 4.00. The minimum Gasteiger partial charge on any atom is -0.330 e. The van der Waals surface area contributed by atoms with E-state index in [-0.39, 0.29) is 0 Å². The Hall–Kier alpha value is -0.960. The van der Waals surface area contributed by atoms with Crippen LogP contribution in [0.15, 0.2) is 17.5 Å². The summed E-state index contributed by atoms with van der Waals surface area (Å²) in [5, 5.41) is 2.23. The molecule has 2 aromatic rings. The molecule has 2 aromatic heterocycles. The quantitative estimate of drug-likeness (QED) is 0.881. The van der Waals surface area contributed by atoms with Crippen molar-refractivity contribution in [3.63, 3.8) is 0 Å². The van der Waals surface area contributed by atoms with Crippen LogP contribution in [0.1, 0.15) is 4.88 Å². The van der Waals surface area contributed by atoms with Gasteiger partial charge in [0.1, 0.15) is 0 Å². The molecule has 0 aromatic carbocycles. The Bertz CT molecular complexity index is 630. The second-order valence-electron chi connectivity index (χ2n) is 3.72. The van der Waals surface area contributed by atoms with Crippen LogP contribution in [0.5, 0.6) is 0 Å². The smallest absolute Gasteiger partial charge is 0.231 e. The lowest BCUT2D eigenvalue weighted by molar-refractivity contribution is 0.607. The lowest BCUT2D eigenvalue weighted by Crippen LogP contribution is -2.08. The molecule has 2 rings (SSSR count). The third-order valence-corrected chi connectivity index (χ3v) is 4.70. The van der Waals surface area contributed by atoms with Crippen molar-refractivity contribution >= 4 is 37.8 Å². The summed E-state index contributed by atoms with van der Waals surface area (Å²) in [5.41, 5.74) is 6.29. The van der Waals surface area contributed by atoms with E-state index in [1.54, 1.807) is 11.3 Å². The number of sulfonamides is 1. The van der Waals surface area contributed by atoms with E-state index in [0.717, 1.165) is 23.2 Å². The fraction of sp³-hybridized carbons (Fsp3) is 0.300. The third-order valence-electron chi connectivity index (χ3n) is 2.08. The second-order valence-corrected chi connectivity index (χ2v) is 7.49. The maximum absolute atomic E-state index is 11.1. The summed E-state index contributed by atoms with van der Waals surface area (Å²) < 4.78 is 24.5. The van der Waals surface area contributed by atoms with Crippen LogP contribution in [0.4, 0.5) is 5.13 Å². The van der Waals surface area contributed by atoms with E-state index in [9.17, 15) is 8.42 Å². The number of thiophene rings is 1. The average Bonchev–Trinajstić information content (AvgIpc) is 2.85. The Balaban J connectivity index is 2.18. The van der Waals surface area contributed by atoms with Gasteiger partial charge in [-0.25, -0.2) is 13.4 Å². The summed E-state index contributed by atoms with van der Waals surface area (Å²) in [4.78, 5) is 6.48. The van der Waals surface area contributed by atoms with Gasteiger partial charge in [0.2, 0.25) is 10.0 Å². The Labute approximate surface area is 114 Å². The summed E-state index contributed by atoms with van der Waals surface area (Å²) in [6, 6.07) is 4.00. The molecular weight excluding hydrogens is 290 g/mol. The minimum absolute atomic E-state index is 0.390. The zero-order valence-corrected chi connectivity index (χ0v) is 12.2. The summed E-state index contributed by atoms with van der Waals surface area (Å²) in [7, 11) is -3.26. The van der Waals surface area contributed by atoms with E-state index in [2.05, 4.69) is 9.71 Å². The highest BCUT2D eigenvalue weighted by Gasteiger charge is 2.10. The van der Waals surface area contributed by atoms with Crippen LogP contribution in [-0.4, -0.2) is 26.2 Å². The number of thiazole rings is 1. The van der Waals surface area contributed by atoms with Gasteiger partial charge in [0, 0.05) is 10.3 Å². The van der Waals surface area contributed by atoms with Crippen molar-refractivity contribution in [3.05, 3.63) is 22.4 Å². The van der Waals surface area contributed by atoms with Crippen molar-refractivity contribution in [2.75, 3.05) is 17.5 Å². The van der Waals surface area contributed by atoms with Crippen LogP contribution in [0.3, 0.4) is 0 Å². The lowest BCUT2D eigenvalue weighted by Gasteiger charge is -1.96. The first-order chi connectivity index (χ1) is 8.48. The molecule has 98 valence electrons. The van der Waals surface area contributed by atoms with E-state index in [0.29, 0.717) is 11.7 Å². The maximum Gasteiger partial charge on any atom is 0.231 e. The number of aromatic nitrogens is 1. The van der Waals surface area contributed by atoms with Gasteiger partial charge in [-0.15, -0.1) is 22.7 Å². The number of rotatable bonds is 5. The standard InChI is InChI=1S/C10H13N3O2S3/c1-18(14,15)13-10-12-8(6-16-10)9-3-2-7(17-9)4-5-11/h2-3,6H,4-5,11H2,1H3,(H,12,13). The number of hydrogen-bond donors (Lipinski definition) is 2. The van der Waals surface area contributed by atoms with Crippen LogP contribution in [0, 0.1) is 0 Å². The van der Waals surface area contributed by atoms with Crippen LogP contribution in [0.25, 0.3) is 10.6 Å². The highest BCUT2D eigenvalue weighted by atomic mass is 32.2. The van der Waals surface area contributed by atoms with Gasteiger partial charge in [0.05, 0.1) is 16.8 Å². The van der Waals surface area contributed by atoms with Crippen molar-refractivity contribution < 1.29 is 8.42 Å². The summed E-state index contributed by atoms with van der Waals surface area (Å²) in [6.07, 6.45) is 1.96. The minimum atomic E-state index is -3.26. The van der Waals surface area contributed by atoms with Gasteiger partial charge in [-0.05, 0) is 25.1 Å².